The summed E-state index contributed by atoms with van der Waals surface area (Å²) in [5.41, 5.74) is 1.50. The molecule has 0 radical (unpaired) electrons. The van der Waals surface area contributed by atoms with Crippen molar-refractivity contribution in [3.8, 4) is 0 Å². The van der Waals surface area contributed by atoms with E-state index >= 15 is 0 Å². The molecule has 6 nitrogen and oxygen atoms in total. The molecule has 1 saturated heterocycles. The van der Waals surface area contributed by atoms with Crippen molar-refractivity contribution in [1.29, 1.82) is 0 Å². The van der Waals surface area contributed by atoms with Crippen LogP contribution in [-0.4, -0.2) is 40.9 Å². The van der Waals surface area contributed by atoms with Crippen LogP contribution >= 0.6 is 0 Å². The van der Waals surface area contributed by atoms with E-state index in [2.05, 4.69) is 5.32 Å². The zero-order valence-electron chi connectivity index (χ0n) is 13.3. The van der Waals surface area contributed by atoms with E-state index in [1.807, 2.05) is 18.2 Å². The molecule has 1 unspecified atom stereocenters. The average molecular weight is 328 g/mol. The van der Waals surface area contributed by atoms with Crippen LogP contribution in [0.1, 0.15) is 30.7 Å². The average Bonchev–Trinajstić information content (AvgIpc) is 3.31. The van der Waals surface area contributed by atoms with Crippen LogP contribution in [0.5, 0.6) is 0 Å². The highest BCUT2D eigenvalue weighted by atomic mass is 16.4. The van der Waals surface area contributed by atoms with Crippen LogP contribution in [0.3, 0.4) is 0 Å². The fourth-order valence-corrected chi connectivity index (χ4v) is 4.12. The number of anilines is 1. The van der Waals surface area contributed by atoms with E-state index in [4.69, 9.17) is 0 Å². The van der Waals surface area contributed by atoms with Crippen LogP contribution in [0.15, 0.2) is 24.3 Å². The van der Waals surface area contributed by atoms with Crippen LogP contribution in [-0.2, 0) is 14.4 Å². The van der Waals surface area contributed by atoms with Gasteiger partial charge in [-0.25, -0.2) is 0 Å². The van der Waals surface area contributed by atoms with Crippen molar-refractivity contribution in [3.05, 3.63) is 29.8 Å². The van der Waals surface area contributed by atoms with E-state index in [1.165, 1.54) is 0 Å². The molecule has 1 aliphatic carbocycles. The number of amides is 2. The Morgan fingerprint density at radius 1 is 1.17 bits per heavy atom. The predicted molar refractivity (Wildman–Crippen MR) is 86.3 cm³/mol. The van der Waals surface area contributed by atoms with E-state index in [0.29, 0.717) is 18.2 Å². The van der Waals surface area contributed by atoms with Gasteiger partial charge in [-0.15, -0.1) is 0 Å². The number of nitrogens with one attached hydrogen (secondary N) is 1. The monoisotopic (exact) mass is 328 g/mol. The molecular formula is C18H20N2O4. The molecule has 2 N–H and O–H groups in total. The molecular weight excluding hydrogens is 308 g/mol. The topological polar surface area (TPSA) is 86.7 Å². The molecule has 0 spiro atoms. The largest absolute Gasteiger partial charge is 0.481 e. The molecule has 1 aromatic carbocycles. The number of rotatable bonds is 3. The number of hydrogen-bond donors (Lipinski definition) is 2. The fourth-order valence-electron chi connectivity index (χ4n) is 4.12. The zero-order chi connectivity index (χ0) is 16.8. The third kappa shape index (κ3) is 2.56. The van der Waals surface area contributed by atoms with Crippen molar-refractivity contribution < 1.29 is 19.5 Å². The Bertz CT molecular complexity index is 713. The second-order valence-corrected chi connectivity index (χ2v) is 7.08. The van der Waals surface area contributed by atoms with Crippen molar-refractivity contribution >= 4 is 23.5 Å². The number of benzene rings is 1. The molecule has 6 heteroatoms. The number of aliphatic carboxylic acids is 1. The van der Waals surface area contributed by atoms with Crippen molar-refractivity contribution in [3.63, 3.8) is 0 Å². The van der Waals surface area contributed by atoms with Crippen molar-refractivity contribution in [1.82, 2.24) is 4.90 Å². The molecule has 24 heavy (non-hydrogen) atoms. The summed E-state index contributed by atoms with van der Waals surface area (Å²) >= 11 is 0. The molecule has 1 aromatic rings. The maximum atomic E-state index is 13.0. The number of para-hydroxylation sites is 1. The number of nitrogens with zero attached hydrogens (tertiary/aromatic N) is 1. The quantitative estimate of drug-likeness (QED) is 0.884. The third-order valence-electron chi connectivity index (χ3n) is 5.52. The number of carbonyl (C=O) groups excluding carboxylic acids is 2. The van der Waals surface area contributed by atoms with E-state index < -0.39 is 17.8 Å². The van der Waals surface area contributed by atoms with E-state index in [0.717, 1.165) is 18.4 Å². The molecule has 3 aliphatic rings. The molecule has 1 saturated carbocycles. The molecule has 0 bridgehead atoms. The zero-order valence-corrected chi connectivity index (χ0v) is 13.3. The van der Waals surface area contributed by atoms with Gasteiger partial charge in [-0.1, -0.05) is 18.2 Å². The lowest BCUT2D eigenvalue weighted by Gasteiger charge is -2.28. The van der Waals surface area contributed by atoms with Crippen molar-refractivity contribution in [2.75, 3.05) is 18.4 Å². The minimum atomic E-state index is -0.816. The van der Waals surface area contributed by atoms with Crippen LogP contribution in [0, 0.1) is 17.8 Å². The summed E-state index contributed by atoms with van der Waals surface area (Å²) < 4.78 is 0. The Labute approximate surface area is 139 Å². The number of fused-ring (bicyclic) bond motifs is 1. The summed E-state index contributed by atoms with van der Waals surface area (Å²) in [6, 6.07) is 7.34. The first-order valence-corrected chi connectivity index (χ1v) is 8.45. The van der Waals surface area contributed by atoms with Crippen LogP contribution in [0.25, 0.3) is 0 Å². The number of carbonyl (C=O) groups is 3. The first-order chi connectivity index (χ1) is 11.5. The molecule has 126 valence electrons. The van der Waals surface area contributed by atoms with Crippen LogP contribution in [0.2, 0.25) is 0 Å². The predicted octanol–water partition coefficient (Wildman–Crippen LogP) is 1.68. The van der Waals surface area contributed by atoms with Crippen LogP contribution < -0.4 is 5.32 Å². The summed E-state index contributed by atoms with van der Waals surface area (Å²) in [7, 11) is 0. The lowest BCUT2D eigenvalue weighted by Crippen LogP contribution is -2.38. The molecule has 4 rings (SSSR count). The molecule has 2 aliphatic heterocycles. The summed E-state index contributed by atoms with van der Waals surface area (Å²) in [6.45, 7) is 0.760. The first kappa shape index (κ1) is 15.2. The van der Waals surface area contributed by atoms with Gasteiger partial charge >= 0.3 is 5.97 Å². The lowest BCUT2D eigenvalue weighted by atomic mass is 9.89. The van der Waals surface area contributed by atoms with Gasteiger partial charge in [-0.05, 0) is 36.3 Å². The Balaban J connectivity index is 1.58. The summed E-state index contributed by atoms with van der Waals surface area (Å²) in [6.07, 6.45) is 2.24. The first-order valence-electron chi connectivity index (χ1n) is 8.45. The lowest BCUT2D eigenvalue weighted by molar-refractivity contribution is -0.143. The van der Waals surface area contributed by atoms with E-state index in [9.17, 15) is 19.5 Å². The second-order valence-electron chi connectivity index (χ2n) is 7.08. The summed E-state index contributed by atoms with van der Waals surface area (Å²) in [4.78, 5) is 38.2. The number of hydrogen-bond acceptors (Lipinski definition) is 3. The summed E-state index contributed by atoms with van der Waals surface area (Å²) in [5.74, 6) is -1.60. The van der Waals surface area contributed by atoms with Crippen molar-refractivity contribution in [2.45, 2.75) is 25.2 Å². The van der Waals surface area contributed by atoms with Gasteiger partial charge in [0.25, 0.3) is 0 Å². The van der Waals surface area contributed by atoms with Gasteiger partial charge in [0.2, 0.25) is 11.8 Å². The minimum absolute atomic E-state index is 0.0547. The van der Waals surface area contributed by atoms with E-state index in [-0.39, 0.29) is 30.7 Å². The molecule has 2 heterocycles. The van der Waals surface area contributed by atoms with Gasteiger partial charge in [-0.2, -0.15) is 0 Å². The Morgan fingerprint density at radius 2 is 1.92 bits per heavy atom. The third-order valence-corrected chi connectivity index (χ3v) is 5.52. The van der Waals surface area contributed by atoms with Gasteiger partial charge in [-0.3, -0.25) is 14.4 Å². The van der Waals surface area contributed by atoms with Gasteiger partial charge < -0.3 is 15.3 Å². The highest BCUT2D eigenvalue weighted by Crippen LogP contribution is 2.45. The molecule has 3 atom stereocenters. The molecule has 2 amide bonds. The smallest absolute Gasteiger partial charge is 0.308 e. The maximum absolute atomic E-state index is 13.0. The normalized spacial score (nSPS) is 29.1. The van der Waals surface area contributed by atoms with Gasteiger partial charge in [0, 0.05) is 25.2 Å². The highest BCUT2D eigenvalue weighted by molar-refractivity contribution is 6.01. The van der Waals surface area contributed by atoms with Crippen LogP contribution in [0.4, 0.5) is 5.69 Å². The van der Waals surface area contributed by atoms with Gasteiger partial charge in [0.15, 0.2) is 0 Å². The fraction of sp³-hybridized carbons (Fsp3) is 0.500. The highest BCUT2D eigenvalue weighted by Gasteiger charge is 2.48. The summed E-state index contributed by atoms with van der Waals surface area (Å²) in [5, 5.41) is 12.3. The second kappa shape index (κ2) is 5.61. The Hall–Kier alpha value is -2.37. The minimum Gasteiger partial charge on any atom is -0.481 e. The SMILES string of the molecule is O=C1CC(C(=O)N2C[C@H](C(=O)O)[C@@H](C3CC3)C2)c2ccccc2N1. The number of carboxylic acids is 1. The molecule has 2 fully saturated rings. The number of carboxylic acid groups (broad SMARTS) is 1. The van der Waals surface area contributed by atoms with Gasteiger partial charge in [0.05, 0.1) is 11.8 Å². The Kier molecular flexibility index (Phi) is 3.55. The Morgan fingerprint density at radius 3 is 2.62 bits per heavy atom. The van der Waals surface area contributed by atoms with Gasteiger partial charge in [0.1, 0.15) is 0 Å². The van der Waals surface area contributed by atoms with E-state index in [1.54, 1.807) is 11.0 Å². The molecule has 0 aromatic heterocycles. The maximum Gasteiger partial charge on any atom is 0.308 e. The number of likely N-dealkylation sites (tertiary alicyclic amines) is 1. The van der Waals surface area contributed by atoms with Crippen molar-refractivity contribution in [2.24, 2.45) is 17.8 Å². The standard InChI is InChI=1S/C18H20N2O4/c21-16-7-12(11-3-1-2-4-15(11)19-16)17(22)20-8-13(10-5-6-10)14(9-20)18(23)24/h1-4,10,12-14H,5-9H2,(H,19,21)(H,23,24)/t12?,13-,14+/m1/s1.